The molecular weight excluding hydrogens is 296 g/mol. The van der Waals surface area contributed by atoms with Crippen LogP contribution < -0.4 is 0 Å². The van der Waals surface area contributed by atoms with Gasteiger partial charge in [0.1, 0.15) is 0 Å². The summed E-state index contributed by atoms with van der Waals surface area (Å²) >= 11 is 0. The summed E-state index contributed by atoms with van der Waals surface area (Å²) in [5.74, 6) is 0.969. The highest BCUT2D eigenvalue weighted by Gasteiger charge is 2.13. The first kappa shape index (κ1) is 23.5. The molecule has 0 rings (SSSR count). The molecular formula is C22H44O2. The molecule has 0 aromatic heterocycles. The summed E-state index contributed by atoms with van der Waals surface area (Å²) in [4.78, 5) is 11.8. The molecule has 24 heavy (non-hydrogen) atoms. The summed E-state index contributed by atoms with van der Waals surface area (Å²) in [5, 5.41) is 0. The SMILES string of the molecule is CCCCCCC(C)CCCCCCCOC(=O)C(C)CCCC. The fraction of sp³-hybridized carbons (Fsp3) is 0.955. The summed E-state index contributed by atoms with van der Waals surface area (Å²) in [6.07, 6.45) is 17.8. The molecule has 0 aliphatic carbocycles. The number of ether oxygens (including phenoxy) is 1. The highest BCUT2D eigenvalue weighted by Crippen LogP contribution is 2.18. The molecule has 0 aromatic carbocycles. The number of unbranched alkanes of at least 4 members (excludes halogenated alkanes) is 8. The lowest BCUT2D eigenvalue weighted by Gasteiger charge is -2.11. The van der Waals surface area contributed by atoms with Gasteiger partial charge in [-0.05, 0) is 18.8 Å². The van der Waals surface area contributed by atoms with Crippen molar-refractivity contribution in [2.24, 2.45) is 11.8 Å². The monoisotopic (exact) mass is 340 g/mol. The van der Waals surface area contributed by atoms with E-state index >= 15 is 0 Å². The number of rotatable bonds is 17. The van der Waals surface area contributed by atoms with Gasteiger partial charge in [0.15, 0.2) is 0 Å². The lowest BCUT2D eigenvalue weighted by Crippen LogP contribution is -2.15. The van der Waals surface area contributed by atoms with E-state index in [1.807, 2.05) is 6.92 Å². The van der Waals surface area contributed by atoms with E-state index in [0.29, 0.717) is 6.61 Å². The standard InChI is InChI=1S/C22H44O2/c1-5-7-9-13-16-20(3)17-14-11-10-12-15-19-24-22(23)21(4)18-8-6-2/h20-21H,5-19H2,1-4H3. The van der Waals surface area contributed by atoms with Crippen LogP contribution in [0.25, 0.3) is 0 Å². The minimum absolute atomic E-state index is 0.000322. The first-order valence-electron chi connectivity index (χ1n) is 10.8. The van der Waals surface area contributed by atoms with E-state index in [0.717, 1.165) is 31.6 Å². The number of carbonyl (C=O) groups excluding carboxylic acids is 1. The predicted molar refractivity (Wildman–Crippen MR) is 105 cm³/mol. The molecule has 0 aliphatic heterocycles. The van der Waals surface area contributed by atoms with Crippen molar-refractivity contribution in [2.45, 2.75) is 118 Å². The van der Waals surface area contributed by atoms with Crippen molar-refractivity contribution in [1.82, 2.24) is 0 Å². The van der Waals surface area contributed by atoms with Crippen molar-refractivity contribution in [3.63, 3.8) is 0 Å². The van der Waals surface area contributed by atoms with E-state index in [1.54, 1.807) is 0 Å². The van der Waals surface area contributed by atoms with E-state index < -0.39 is 0 Å². The van der Waals surface area contributed by atoms with E-state index in [9.17, 15) is 4.79 Å². The van der Waals surface area contributed by atoms with Gasteiger partial charge in [-0.2, -0.15) is 0 Å². The second-order valence-corrected chi connectivity index (χ2v) is 7.72. The van der Waals surface area contributed by atoms with Crippen LogP contribution in [0.5, 0.6) is 0 Å². The Morgan fingerprint density at radius 1 is 0.708 bits per heavy atom. The van der Waals surface area contributed by atoms with Crippen molar-refractivity contribution >= 4 is 5.97 Å². The summed E-state index contributed by atoms with van der Waals surface area (Å²) < 4.78 is 5.37. The molecule has 0 bridgehead atoms. The maximum Gasteiger partial charge on any atom is 0.308 e. The Balaban J connectivity index is 3.34. The van der Waals surface area contributed by atoms with Crippen molar-refractivity contribution in [3.8, 4) is 0 Å². The zero-order valence-electron chi connectivity index (χ0n) is 17.1. The van der Waals surface area contributed by atoms with Gasteiger partial charge in [-0.3, -0.25) is 4.79 Å². The Morgan fingerprint density at radius 2 is 1.25 bits per heavy atom. The second-order valence-electron chi connectivity index (χ2n) is 7.72. The van der Waals surface area contributed by atoms with E-state index in [-0.39, 0.29) is 11.9 Å². The molecule has 144 valence electrons. The van der Waals surface area contributed by atoms with Gasteiger partial charge < -0.3 is 4.74 Å². The Labute approximate surface area is 152 Å². The molecule has 0 radical (unpaired) electrons. The number of hydrogen-bond donors (Lipinski definition) is 0. The number of esters is 1. The molecule has 2 nitrogen and oxygen atoms in total. The lowest BCUT2D eigenvalue weighted by atomic mass is 9.96. The smallest absolute Gasteiger partial charge is 0.308 e. The van der Waals surface area contributed by atoms with Crippen LogP contribution in [0.2, 0.25) is 0 Å². The van der Waals surface area contributed by atoms with Crippen LogP contribution in [-0.2, 0) is 9.53 Å². The van der Waals surface area contributed by atoms with E-state index in [1.165, 1.54) is 64.2 Å². The van der Waals surface area contributed by atoms with Crippen LogP contribution >= 0.6 is 0 Å². The van der Waals surface area contributed by atoms with Gasteiger partial charge >= 0.3 is 5.97 Å². The van der Waals surface area contributed by atoms with E-state index in [2.05, 4.69) is 20.8 Å². The van der Waals surface area contributed by atoms with Gasteiger partial charge in [-0.1, -0.05) is 105 Å². The maximum atomic E-state index is 11.8. The molecule has 0 amide bonds. The summed E-state index contributed by atoms with van der Waals surface area (Å²) in [7, 11) is 0. The zero-order chi connectivity index (χ0) is 18.0. The van der Waals surface area contributed by atoms with Crippen molar-refractivity contribution < 1.29 is 9.53 Å². The topological polar surface area (TPSA) is 26.3 Å². The first-order chi connectivity index (χ1) is 11.6. The highest BCUT2D eigenvalue weighted by molar-refractivity contribution is 5.71. The fourth-order valence-electron chi connectivity index (χ4n) is 3.13. The summed E-state index contributed by atoms with van der Waals surface area (Å²) in [5.41, 5.74) is 0. The molecule has 0 aliphatic rings. The van der Waals surface area contributed by atoms with Crippen LogP contribution in [-0.4, -0.2) is 12.6 Å². The summed E-state index contributed by atoms with van der Waals surface area (Å²) in [6, 6.07) is 0. The Morgan fingerprint density at radius 3 is 1.88 bits per heavy atom. The van der Waals surface area contributed by atoms with Gasteiger partial charge in [0.25, 0.3) is 0 Å². The van der Waals surface area contributed by atoms with Gasteiger partial charge in [0.05, 0.1) is 12.5 Å². The van der Waals surface area contributed by atoms with Crippen LogP contribution in [0.3, 0.4) is 0 Å². The molecule has 0 saturated heterocycles. The third-order valence-corrected chi connectivity index (χ3v) is 5.03. The molecule has 2 atom stereocenters. The average Bonchev–Trinajstić information content (AvgIpc) is 2.58. The predicted octanol–water partition coefficient (Wildman–Crippen LogP) is 7.30. The van der Waals surface area contributed by atoms with Crippen LogP contribution in [0.4, 0.5) is 0 Å². The normalized spacial score (nSPS) is 13.7. The Bertz CT molecular complexity index is 275. The molecule has 0 heterocycles. The van der Waals surface area contributed by atoms with Gasteiger partial charge in [0.2, 0.25) is 0 Å². The van der Waals surface area contributed by atoms with Crippen LogP contribution in [0, 0.1) is 11.8 Å². The maximum absolute atomic E-state index is 11.8. The molecule has 2 unspecified atom stereocenters. The molecule has 2 heteroatoms. The quantitative estimate of drug-likeness (QED) is 0.205. The van der Waals surface area contributed by atoms with Crippen LogP contribution in [0.1, 0.15) is 118 Å². The lowest BCUT2D eigenvalue weighted by molar-refractivity contribution is -0.148. The molecule has 0 saturated carbocycles. The highest BCUT2D eigenvalue weighted by atomic mass is 16.5. The van der Waals surface area contributed by atoms with Crippen molar-refractivity contribution in [1.29, 1.82) is 0 Å². The van der Waals surface area contributed by atoms with Gasteiger partial charge in [0, 0.05) is 0 Å². The average molecular weight is 341 g/mol. The van der Waals surface area contributed by atoms with Crippen molar-refractivity contribution in [2.75, 3.05) is 6.61 Å². The fourth-order valence-corrected chi connectivity index (χ4v) is 3.13. The summed E-state index contributed by atoms with van der Waals surface area (Å²) in [6.45, 7) is 9.44. The largest absolute Gasteiger partial charge is 0.465 e. The van der Waals surface area contributed by atoms with Gasteiger partial charge in [-0.15, -0.1) is 0 Å². The molecule has 0 fully saturated rings. The third kappa shape index (κ3) is 15.0. The van der Waals surface area contributed by atoms with Gasteiger partial charge in [-0.25, -0.2) is 0 Å². The van der Waals surface area contributed by atoms with Crippen molar-refractivity contribution in [3.05, 3.63) is 0 Å². The number of carbonyl (C=O) groups is 1. The third-order valence-electron chi connectivity index (χ3n) is 5.03. The number of hydrogen-bond acceptors (Lipinski definition) is 2. The Kier molecular flexibility index (Phi) is 16.9. The van der Waals surface area contributed by atoms with Crippen LogP contribution in [0.15, 0.2) is 0 Å². The first-order valence-corrected chi connectivity index (χ1v) is 10.8. The second kappa shape index (κ2) is 17.3. The molecule has 0 N–H and O–H groups in total. The molecule has 0 aromatic rings. The zero-order valence-corrected chi connectivity index (χ0v) is 17.1. The minimum atomic E-state index is 0.000322. The minimum Gasteiger partial charge on any atom is -0.465 e. The molecule has 0 spiro atoms. The van der Waals surface area contributed by atoms with E-state index in [4.69, 9.17) is 4.74 Å². The Hall–Kier alpha value is -0.530.